The molecule has 0 heterocycles. The second kappa shape index (κ2) is 9.07. The molecule has 0 bridgehead atoms. The normalized spacial score (nSPS) is 11.6. The Morgan fingerprint density at radius 3 is 2.30 bits per heavy atom. The maximum absolute atomic E-state index is 13.6. The molecule has 6 heteroatoms. The Kier molecular flexibility index (Phi) is 6.82. The van der Waals surface area contributed by atoms with Crippen LogP contribution in [-0.4, -0.2) is 23.8 Å². The van der Waals surface area contributed by atoms with E-state index >= 15 is 0 Å². The molecule has 1 amide bonds. The maximum Gasteiger partial charge on any atom is 0.338 e. The van der Waals surface area contributed by atoms with Crippen molar-refractivity contribution in [1.29, 1.82) is 0 Å². The summed E-state index contributed by atoms with van der Waals surface area (Å²) in [6, 6.07) is 10.4. The lowest BCUT2D eigenvalue weighted by atomic mass is 10.1. The predicted octanol–water partition coefficient (Wildman–Crippen LogP) is 4.30. The van der Waals surface area contributed by atoms with Crippen molar-refractivity contribution in [2.45, 2.75) is 39.7 Å². The van der Waals surface area contributed by atoms with Gasteiger partial charge < -0.3 is 10.1 Å². The van der Waals surface area contributed by atoms with E-state index in [1.165, 1.54) is 19.1 Å². The third-order valence-electron chi connectivity index (χ3n) is 3.99. The van der Waals surface area contributed by atoms with Gasteiger partial charge in [0.05, 0.1) is 5.56 Å². The number of carbonyl (C=O) groups excluding carboxylic acids is 3. The number of hydrogen-bond acceptors (Lipinski definition) is 4. The number of benzene rings is 2. The monoisotopic (exact) mass is 371 g/mol. The van der Waals surface area contributed by atoms with Crippen LogP contribution in [0.4, 0.5) is 10.1 Å². The molecule has 142 valence electrons. The Hall–Kier alpha value is -3.02. The molecule has 0 aromatic heterocycles. The van der Waals surface area contributed by atoms with Gasteiger partial charge in [-0.3, -0.25) is 9.59 Å². The van der Waals surface area contributed by atoms with Gasteiger partial charge in [-0.05, 0) is 62.2 Å². The molecule has 0 saturated heterocycles. The second-order valence-electron chi connectivity index (χ2n) is 6.25. The molecule has 0 aliphatic heterocycles. The van der Waals surface area contributed by atoms with Gasteiger partial charge in [0.15, 0.2) is 6.10 Å². The Bertz CT molecular complexity index is 846. The zero-order chi connectivity index (χ0) is 20.0. The first-order valence-electron chi connectivity index (χ1n) is 8.73. The quantitative estimate of drug-likeness (QED) is 0.582. The Morgan fingerprint density at radius 1 is 1.07 bits per heavy atom. The standard InChI is InChI=1S/C21H22FNO4/c1-4-5-19(24)23-17-10-8-15(9-11-17)20(25)14(3)27-21(26)16-7-6-13(2)18(22)12-16/h6-12,14H,4-5H2,1-3H3,(H,23,24)/t14-/m1/s1. The molecule has 0 saturated carbocycles. The van der Waals surface area contributed by atoms with Crippen LogP contribution < -0.4 is 5.32 Å². The van der Waals surface area contributed by atoms with Gasteiger partial charge in [0.25, 0.3) is 0 Å². The topological polar surface area (TPSA) is 72.5 Å². The van der Waals surface area contributed by atoms with Gasteiger partial charge in [-0.2, -0.15) is 0 Å². The summed E-state index contributed by atoms with van der Waals surface area (Å²) in [7, 11) is 0. The van der Waals surface area contributed by atoms with Crippen LogP contribution in [0.1, 0.15) is 53.0 Å². The second-order valence-corrected chi connectivity index (χ2v) is 6.25. The zero-order valence-electron chi connectivity index (χ0n) is 15.5. The molecule has 0 fully saturated rings. The van der Waals surface area contributed by atoms with Crippen molar-refractivity contribution in [3.05, 3.63) is 65.0 Å². The van der Waals surface area contributed by atoms with Crippen LogP contribution in [-0.2, 0) is 9.53 Å². The molecule has 27 heavy (non-hydrogen) atoms. The number of hydrogen-bond donors (Lipinski definition) is 1. The molecule has 2 rings (SSSR count). The first-order chi connectivity index (χ1) is 12.8. The lowest BCUT2D eigenvalue weighted by molar-refractivity contribution is -0.116. The molecule has 2 aromatic carbocycles. The molecule has 1 atom stereocenters. The van der Waals surface area contributed by atoms with E-state index in [2.05, 4.69) is 5.32 Å². The largest absolute Gasteiger partial charge is 0.451 e. The molecule has 5 nitrogen and oxygen atoms in total. The number of amides is 1. The first kappa shape index (κ1) is 20.3. The number of anilines is 1. The highest BCUT2D eigenvalue weighted by Gasteiger charge is 2.21. The number of ether oxygens (including phenoxy) is 1. The molecule has 0 spiro atoms. The molecule has 2 aromatic rings. The number of Topliss-reactive ketones (excluding diaryl/α,β-unsaturated/α-hetero) is 1. The molecular weight excluding hydrogens is 349 g/mol. The summed E-state index contributed by atoms with van der Waals surface area (Å²) in [5.74, 6) is -1.76. The van der Waals surface area contributed by atoms with E-state index in [0.717, 1.165) is 12.5 Å². The lowest BCUT2D eigenvalue weighted by Crippen LogP contribution is -2.24. The predicted molar refractivity (Wildman–Crippen MR) is 100 cm³/mol. The summed E-state index contributed by atoms with van der Waals surface area (Å²) in [6.45, 7) is 4.96. The van der Waals surface area contributed by atoms with Crippen LogP contribution in [0.2, 0.25) is 0 Å². The van der Waals surface area contributed by atoms with Crippen LogP contribution in [0, 0.1) is 12.7 Å². The van der Waals surface area contributed by atoms with Crippen molar-refractivity contribution in [1.82, 2.24) is 0 Å². The van der Waals surface area contributed by atoms with Crippen molar-refractivity contribution in [2.75, 3.05) is 5.32 Å². The summed E-state index contributed by atoms with van der Waals surface area (Å²) >= 11 is 0. The number of aryl methyl sites for hydroxylation is 1. The van der Waals surface area contributed by atoms with Crippen LogP contribution in [0.5, 0.6) is 0 Å². The van der Waals surface area contributed by atoms with Crippen molar-refractivity contribution >= 4 is 23.3 Å². The average Bonchev–Trinajstić information content (AvgIpc) is 2.64. The molecule has 1 N–H and O–H groups in total. The van der Waals surface area contributed by atoms with Crippen molar-refractivity contribution in [3.63, 3.8) is 0 Å². The average molecular weight is 371 g/mol. The molecule has 0 unspecified atom stereocenters. The van der Waals surface area contributed by atoms with Gasteiger partial charge in [-0.25, -0.2) is 9.18 Å². The van der Waals surface area contributed by atoms with Gasteiger partial charge in [0.2, 0.25) is 11.7 Å². The third kappa shape index (κ3) is 5.48. The van der Waals surface area contributed by atoms with Crippen LogP contribution in [0.25, 0.3) is 0 Å². The number of rotatable bonds is 7. The Morgan fingerprint density at radius 2 is 1.70 bits per heavy atom. The van der Waals surface area contributed by atoms with Crippen molar-refractivity contribution < 1.29 is 23.5 Å². The SMILES string of the molecule is CCCC(=O)Nc1ccc(C(=O)[C@@H](C)OC(=O)c2ccc(C)c(F)c2)cc1. The molecule has 0 radical (unpaired) electrons. The van der Waals surface area contributed by atoms with Crippen LogP contribution in [0.15, 0.2) is 42.5 Å². The fourth-order valence-electron chi connectivity index (χ4n) is 2.41. The molecular formula is C21H22FNO4. The first-order valence-corrected chi connectivity index (χ1v) is 8.73. The van der Waals surface area contributed by atoms with Gasteiger partial charge in [0.1, 0.15) is 5.82 Å². The zero-order valence-corrected chi connectivity index (χ0v) is 15.5. The lowest BCUT2D eigenvalue weighted by Gasteiger charge is -2.13. The summed E-state index contributed by atoms with van der Waals surface area (Å²) < 4.78 is 18.7. The van der Waals surface area contributed by atoms with Gasteiger partial charge >= 0.3 is 5.97 Å². The van der Waals surface area contributed by atoms with Crippen molar-refractivity contribution in [3.8, 4) is 0 Å². The molecule has 0 aliphatic carbocycles. The van der Waals surface area contributed by atoms with E-state index < -0.39 is 17.9 Å². The number of esters is 1. The Balaban J connectivity index is 2.00. The van der Waals surface area contributed by atoms with Gasteiger partial charge in [-0.15, -0.1) is 0 Å². The van der Waals surface area contributed by atoms with E-state index in [1.54, 1.807) is 31.2 Å². The highest BCUT2D eigenvalue weighted by atomic mass is 19.1. The number of nitrogens with one attached hydrogen (secondary N) is 1. The fourth-order valence-corrected chi connectivity index (χ4v) is 2.41. The van der Waals surface area contributed by atoms with E-state index in [4.69, 9.17) is 4.74 Å². The van der Waals surface area contributed by atoms with Crippen molar-refractivity contribution in [2.24, 2.45) is 0 Å². The highest BCUT2D eigenvalue weighted by Crippen LogP contribution is 2.15. The number of ketones is 1. The van der Waals surface area contributed by atoms with Crippen LogP contribution >= 0.6 is 0 Å². The number of carbonyl (C=O) groups is 3. The summed E-state index contributed by atoms with van der Waals surface area (Å²) in [6.07, 6.45) is 0.145. The summed E-state index contributed by atoms with van der Waals surface area (Å²) in [5.41, 5.74) is 1.40. The highest BCUT2D eigenvalue weighted by molar-refractivity contribution is 6.02. The maximum atomic E-state index is 13.6. The van der Waals surface area contributed by atoms with Gasteiger partial charge in [-0.1, -0.05) is 13.0 Å². The minimum atomic E-state index is -1.03. The van der Waals surface area contributed by atoms with Gasteiger partial charge in [0, 0.05) is 17.7 Å². The van der Waals surface area contributed by atoms with E-state index in [-0.39, 0.29) is 17.3 Å². The van der Waals surface area contributed by atoms with E-state index in [1.807, 2.05) is 6.92 Å². The summed E-state index contributed by atoms with van der Waals surface area (Å²) in [4.78, 5) is 36.1. The summed E-state index contributed by atoms with van der Waals surface area (Å²) in [5, 5.41) is 2.73. The number of halogens is 1. The fraction of sp³-hybridized carbons (Fsp3) is 0.286. The van der Waals surface area contributed by atoms with E-state index in [9.17, 15) is 18.8 Å². The third-order valence-corrected chi connectivity index (χ3v) is 3.99. The minimum absolute atomic E-state index is 0.0479. The van der Waals surface area contributed by atoms with E-state index in [0.29, 0.717) is 23.2 Å². The Labute approximate surface area is 157 Å². The minimum Gasteiger partial charge on any atom is -0.451 e. The smallest absolute Gasteiger partial charge is 0.338 e. The van der Waals surface area contributed by atoms with Crippen LogP contribution in [0.3, 0.4) is 0 Å². The molecule has 0 aliphatic rings.